The van der Waals surface area contributed by atoms with Gasteiger partial charge in [0.25, 0.3) is 0 Å². The highest BCUT2D eigenvalue weighted by Gasteiger charge is 2.34. The van der Waals surface area contributed by atoms with Gasteiger partial charge in [-0.25, -0.2) is 0 Å². The molecule has 1 fully saturated rings. The zero-order valence-corrected chi connectivity index (χ0v) is 12.5. The largest absolute Gasteiger partial charge is 0.378 e. The SMILES string of the molecule is COC1(CNC(C)c2ccc(C)c(C)c2)CCOC1. The molecule has 1 aromatic carbocycles. The Balaban J connectivity index is 1.96. The normalized spacial score (nSPS) is 24.6. The maximum absolute atomic E-state index is 5.64. The molecule has 0 bridgehead atoms. The molecule has 2 rings (SSSR count). The summed E-state index contributed by atoms with van der Waals surface area (Å²) in [5.41, 5.74) is 3.87. The smallest absolute Gasteiger partial charge is 0.106 e. The minimum absolute atomic E-state index is 0.145. The molecule has 1 N–H and O–H groups in total. The van der Waals surface area contributed by atoms with Gasteiger partial charge in [-0.05, 0) is 37.5 Å². The van der Waals surface area contributed by atoms with Crippen LogP contribution in [0.5, 0.6) is 0 Å². The molecular weight excluding hydrogens is 238 g/mol. The van der Waals surface area contributed by atoms with Crippen LogP contribution < -0.4 is 5.32 Å². The van der Waals surface area contributed by atoms with Gasteiger partial charge in [-0.3, -0.25) is 0 Å². The monoisotopic (exact) mass is 263 g/mol. The lowest BCUT2D eigenvalue weighted by Crippen LogP contribution is -2.43. The van der Waals surface area contributed by atoms with Gasteiger partial charge in [0, 0.05) is 32.7 Å². The van der Waals surface area contributed by atoms with Crippen molar-refractivity contribution in [3.8, 4) is 0 Å². The topological polar surface area (TPSA) is 30.5 Å². The maximum Gasteiger partial charge on any atom is 0.106 e. The first-order valence-electron chi connectivity index (χ1n) is 7.00. The third-order valence-electron chi connectivity index (χ3n) is 4.26. The van der Waals surface area contributed by atoms with Crippen LogP contribution in [0.2, 0.25) is 0 Å². The number of hydrogen-bond acceptors (Lipinski definition) is 3. The average Bonchev–Trinajstić information content (AvgIpc) is 2.89. The average molecular weight is 263 g/mol. The van der Waals surface area contributed by atoms with Crippen molar-refractivity contribution in [3.05, 3.63) is 34.9 Å². The van der Waals surface area contributed by atoms with Crippen molar-refractivity contribution < 1.29 is 9.47 Å². The summed E-state index contributed by atoms with van der Waals surface area (Å²) in [7, 11) is 1.77. The zero-order chi connectivity index (χ0) is 13.9. The fourth-order valence-electron chi connectivity index (χ4n) is 2.45. The van der Waals surface area contributed by atoms with E-state index in [2.05, 4.69) is 44.3 Å². The second kappa shape index (κ2) is 6.04. The molecule has 1 aliphatic heterocycles. The molecule has 0 amide bonds. The second-order valence-corrected chi connectivity index (χ2v) is 5.64. The van der Waals surface area contributed by atoms with Gasteiger partial charge >= 0.3 is 0 Å². The van der Waals surface area contributed by atoms with Crippen LogP contribution in [-0.2, 0) is 9.47 Å². The minimum atomic E-state index is -0.145. The number of rotatable bonds is 5. The molecular formula is C16H25NO2. The van der Waals surface area contributed by atoms with Crippen molar-refractivity contribution >= 4 is 0 Å². The van der Waals surface area contributed by atoms with E-state index in [1.54, 1.807) is 7.11 Å². The lowest BCUT2D eigenvalue weighted by molar-refractivity contribution is -0.0172. The Bertz CT molecular complexity index is 425. The quantitative estimate of drug-likeness (QED) is 0.886. The number of benzene rings is 1. The van der Waals surface area contributed by atoms with Crippen LogP contribution in [0.4, 0.5) is 0 Å². The Morgan fingerprint density at radius 2 is 2.16 bits per heavy atom. The summed E-state index contributed by atoms with van der Waals surface area (Å²) in [5, 5.41) is 3.57. The first kappa shape index (κ1) is 14.5. The summed E-state index contributed by atoms with van der Waals surface area (Å²) in [6.07, 6.45) is 0.968. The Kier molecular flexibility index (Phi) is 4.61. The summed E-state index contributed by atoms with van der Waals surface area (Å²) in [5.74, 6) is 0. The molecule has 0 saturated carbocycles. The fourth-order valence-corrected chi connectivity index (χ4v) is 2.45. The molecule has 1 aliphatic rings. The Labute approximate surface area is 116 Å². The van der Waals surface area contributed by atoms with Gasteiger partial charge in [0.15, 0.2) is 0 Å². The lowest BCUT2D eigenvalue weighted by Gasteiger charge is -2.28. The van der Waals surface area contributed by atoms with Crippen molar-refractivity contribution in [2.24, 2.45) is 0 Å². The van der Waals surface area contributed by atoms with Crippen molar-refractivity contribution in [1.82, 2.24) is 5.32 Å². The highest BCUT2D eigenvalue weighted by atomic mass is 16.5. The van der Waals surface area contributed by atoms with E-state index < -0.39 is 0 Å². The standard InChI is InChI=1S/C16H25NO2/c1-12-5-6-15(9-13(12)2)14(3)17-10-16(18-4)7-8-19-11-16/h5-6,9,14,17H,7-8,10-11H2,1-4H3. The summed E-state index contributed by atoms with van der Waals surface area (Å²) in [4.78, 5) is 0. The van der Waals surface area contributed by atoms with E-state index in [1.165, 1.54) is 16.7 Å². The molecule has 0 spiro atoms. The van der Waals surface area contributed by atoms with Crippen molar-refractivity contribution in [2.75, 3.05) is 26.9 Å². The van der Waals surface area contributed by atoms with Crippen LogP contribution in [0.1, 0.15) is 36.1 Å². The molecule has 19 heavy (non-hydrogen) atoms. The van der Waals surface area contributed by atoms with Gasteiger partial charge in [-0.15, -0.1) is 0 Å². The summed E-state index contributed by atoms with van der Waals surface area (Å²) in [6.45, 7) is 8.82. The summed E-state index contributed by atoms with van der Waals surface area (Å²) < 4.78 is 11.1. The van der Waals surface area contributed by atoms with E-state index in [-0.39, 0.29) is 5.60 Å². The molecule has 0 aromatic heterocycles. The number of ether oxygens (including phenoxy) is 2. The van der Waals surface area contributed by atoms with Crippen molar-refractivity contribution in [3.63, 3.8) is 0 Å². The van der Waals surface area contributed by atoms with Crippen LogP contribution in [0.3, 0.4) is 0 Å². The molecule has 1 aromatic rings. The number of aryl methyl sites for hydroxylation is 2. The molecule has 2 unspecified atom stereocenters. The number of hydrogen-bond donors (Lipinski definition) is 1. The Hall–Kier alpha value is -0.900. The molecule has 1 heterocycles. The number of methoxy groups -OCH3 is 1. The van der Waals surface area contributed by atoms with E-state index in [0.717, 1.165) is 19.6 Å². The summed E-state index contributed by atoms with van der Waals surface area (Å²) in [6, 6.07) is 6.97. The second-order valence-electron chi connectivity index (χ2n) is 5.64. The van der Waals surface area contributed by atoms with Gasteiger partial charge < -0.3 is 14.8 Å². The molecule has 106 valence electrons. The Morgan fingerprint density at radius 1 is 1.37 bits per heavy atom. The first-order valence-corrected chi connectivity index (χ1v) is 7.00. The van der Waals surface area contributed by atoms with E-state index in [0.29, 0.717) is 12.6 Å². The van der Waals surface area contributed by atoms with E-state index in [4.69, 9.17) is 9.47 Å². The van der Waals surface area contributed by atoms with E-state index >= 15 is 0 Å². The maximum atomic E-state index is 5.64. The van der Waals surface area contributed by atoms with Crippen molar-refractivity contribution in [2.45, 2.75) is 38.8 Å². The molecule has 3 heteroatoms. The summed E-state index contributed by atoms with van der Waals surface area (Å²) >= 11 is 0. The highest BCUT2D eigenvalue weighted by Crippen LogP contribution is 2.23. The molecule has 1 saturated heterocycles. The molecule has 3 nitrogen and oxygen atoms in total. The third kappa shape index (κ3) is 3.35. The minimum Gasteiger partial charge on any atom is -0.378 e. The van der Waals surface area contributed by atoms with E-state index in [9.17, 15) is 0 Å². The van der Waals surface area contributed by atoms with E-state index in [1.807, 2.05) is 0 Å². The molecule has 0 radical (unpaired) electrons. The van der Waals surface area contributed by atoms with Crippen LogP contribution in [0.25, 0.3) is 0 Å². The van der Waals surface area contributed by atoms with Gasteiger partial charge in [0.2, 0.25) is 0 Å². The van der Waals surface area contributed by atoms with Gasteiger partial charge in [-0.1, -0.05) is 18.2 Å². The molecule has 0 aliphatic carbocycles. The van der Waals surface area contributed by atoms with Crippen molar-refractivity contribution in [1.29, 1.82) is 0 Å². The predicted octanol–water partition coefficient (Wildman–Crippen LogP) is 2.76. The molecule has 2 atom stereocenters. The first-order chi connectivity index (χ1) is 9.06. The van der Waals surface area contributed by atoms with Gasteiger partial charge in [0.05, 0.1) is 6.61 Å². The Morgan fingerprint density at radius 3 is 2.74 bits per heavy atom. The van der Waals surface area contributed by atoms with Crippen LogP contribution in [0.15, 0.2) is 18.2 Å². The van der Waals surface area contributed by atoms with Crippen LogP contribution in [0, 0.1) is 13.8 Å². The fraction of sp³-hybridized carbons (Fsp3) is 0.625. The van der Waals surface area contributed by atoms with Gasteiger partial charge in [0.1, 0.15) is 5.60 Å². The highest BCUT2D eigenvalue weighted by molar-refractivity contribution is 5.31. The van der Waals surface area contributed by atoms with Crippen LogP contribution in [-0.4, -0.2) is 32.5 Å². The lowest BCUT2D eigenvalue weighted by atomic mass is 9.99. The predicted molar refractivity (Wildman–Crippen MR) is 77.5 cm³/mol. The van der Waals surface area contributed by atoms with Gasteiger partial charge in [-0.2, -0.15) is 0 Å². The number of nitrogens with one attached hydrogen (secondary N) is 1. The third-order valence-corrected chi connectivity index (χ3v) is 4.26. The zero-order valence-electron chi connectivity index (χ0n) is 12.5. The van der Waals surface area contributed by atoms with Crippen LogP contribution >= 0.6 is 0 Å².